The topological polar surface area (TPSA) is 20.2 Å². The Labute approximate surface area is 185 Å². The van der Waals surface area contributed by atoms with Crippen molar-refractivity contribution in [2.45, 2.75) is 105 Å². The number of rotatable bonds is 4. The Hall–Kier alpha value is -0.560. The van der Waals surface area contributed by atoms with Gasteiger partial charge in [0.15, 0.2) is 0 Å². The lowest BCUT2D eigenvalue weighted by molar-refractivity contribution is -0.0294. The minimum Gasteiger partial charge on any atom is -0.393 e. The van der Waals surface area contributed by atoms with Gasteiger partial charge in [-0.1, -0.05) is 65.3 Å². The Morgan fingerprint density at radius 1 is 0.967 bits per heavy atom. The monoisotopic (exact) mass is 410 g/mol. The van der Waals surface area contributed by atoms with Gasteiger partial charge in [0.05, 0.1) is 6.10 Å². The van der Waals surface area contributed by atoms with Crippen LogP contribution in [-0.2, 0) is 0 Å². The van der Waals surface area contributed by atoms with Crippen LogP contribution in [0, 0.1) is 51.2 Å². The molecule has 0 radical (unpaired) electrons. The maximum absolute atomic E-state index is 10.4. The van der Waals surface area contributed by atoms with Crippen molar-refractivity contribution in [2.24, 2.45) is 51.2 Å². The van der Waals surface area contributed by atoms with Crippen molar-refractivity contribution in [3.05, 3.63) is 23.8 Å². The second-order valence-electron chi connectivity index (χ2n) is 13.2. The maximum atomic E-state index is 10.4. The van der Waals surface area contributed by atoms with Gasteiger partial charge in [0.25, 0.3) is 0 Å². The zero-order valence-corrected chi connectivity index (χ0v) is 20.5. The first-order chi connectivity index (χ1) is 14.1. The van der Waals surface area contributed by atoms with Crippen LogP contribution in [0.1, 0.15) is 99.3 Å². The van der Waals surface area contributed by atoms with Crippen molar-refractivity contribution in [2.75, 3.05) is 0 Å². The van der Waals surface area contributed by atoms with Gasteiger partial charge in [-0.05, 0) is 109 Å². The fourth-order valence-corrected chi connectivity index (χ4v) is 9.32. The highest BCUT2D eigenvalue weighted by atomic mass is 16.3. The first-order valence-electron chi connectivity index (χ1n) is 13.2. The Kier molecular flexibility index (Phi) is 4.77. The van der Waals surface area contributed by atoms with E-state index in [0.717, 1.165) is 30.6 Å². The molecule has 9 atom stereocenters. The van der Waals surface area contributed by atoms with Crippen molar-refractivity contribution in [3.63, 3.8) is 0 Å². The van der Waals surface area contributed by atoms with E-state index in [1.54, 1.807) is 0 Å². The van der Waals surface area contributed by atoms with Gasteiger partial charge < -0.3 is 5.11 Å². The van der Waals surface area contributed by atoms with Gasteiger partial charge >= 0.3 is 0 Å². The molecule has 0 aromatic heterocycles. The highest BCUT2D eigenvalue weighted by Gasteiger charge is 2.75. The van der Waals surface area contributed by atoms with Gasteiger partial charge in [-0.2, -0.15) is 0 Å². The number of fused-ring (bicyclic) bond motifs is 3. The van der Waals surface area contributed by atoms with Crippen molar-refractivity contribution in [1.82, 2.24) is 0 Å². The van der Waals surface area contributed by atoms with Crippen LogP contribution in [-0.4, -0.2) is 11.2 Å². The number of allylic oxidation sites excluding steroid dienone is 4. The molecule has 5 aliphatic carbocycles. The summed E-state index contributed by atoms with van der Waals surface area (Å²) < 4.78 is 0. The highest BCUT2D eigenvalue weighted by Crippen LogP contribution is 2.83. The molecule has 0 spiro atoms. The summed E-state index contributed by atoms with van der Waals surface area (Å²) in [6.45, 7) is 14.9. The predicted molar refractivity (Wildman–Crippen MR) is 126 cm³/mol. The van der Waals surface area contributed by atoms with Crippen LogP contribution in [0.2, 0.25) is 0 Å². The third kappa shape index (κ3) is 2.63. The van der Waals surface area contributed by atoms with E-state index in [-0.39, 0.29) is 6.10 Å². The predicted octanol–water partition coefficient (Wildman–Crippen LogP) is 7.55. The molecule has 1 heteroatoms. The van der Waals surface area contributed by atoms with E-state index in [2.05, 4.69) is 59.8 Å². The summed E-state index contributed by atoms with van der Waals surface area (Å²) in [4.78, 5) is 0. The van der Waals surface area contributed by atoms with Crippen molar-refractivity contribution in [3.8, 4) is 0 Å². The molecular formula is C29H46O. The Morgan fingerprint density at radius 2 is 1.73 bits per heavy atom. The summed E-state index contributed by atoms with van der Waals surface area (Å²) >= 11 is 0. The first kappa shape index (κ1) is 21.3. The standard InChI is InChI=1S/C29H46O/c1-19(2)20(3)7-8-21(4)23-10-13-27(6)24-12-15-28-17-22(30)9-16-29(28,18-28)25(24)11-14-26(23,27)5/h7-8,11,19-24,30H,9-10,12-18H2,1-6H3/b8-7+/t20-,21+,22-,23+,24+,26+,27-,28+,29-/m0/s1. The lowest BCUT2D eigenvalue weighted by Crippen LogP contribution is -2.50. The van der Waals surface area contributed by atoms with E-state index in [4.69, 9.17) is 0 Å². The Bertz CT molecular complexity index is 758. The van der Waals surface area contributed by atoms with Crippen LogP contribution in [0.15, 0.2) is 23.8 Å². The average molecular weight is 411 g/mol. The third-order valence-corrected chi connectivity index (χ3v) is 11.9. The lowest BCUT2D eigenvalue weighted by atomic mass is 9.47. The number of aliphatic hydroxyl groups excluding tert-OH is 1. The molecule has 0 aromatic rings. The molecule has 0 saturated heterocycles. The minimum absolute atomic E-state index is 0.0288. The molecule has 0 bridgehead atoms. The van der Waals surface area contributed by atoms with Crippen LogP contribution >= 0.6 is 0 Å². The lowest BCUT2D eigenvalue weighted by Gasteiger charge is -2.57. The molecule has 4 fully saturated rings. The van der Waals surface area contributed by atoms with Crippen LogP contribution in [0.5, 0.6) is 0 Å². The summed E-state index contributed by atoms with van der Waals surface area (Å²) in [7, 11) is 0. The molecule has 168 valence electrons. The third-order valence-electron chi connectivity index (χ3n) is 11.9. The second kappa shape index (κ2) is 6.72. The summed E-state index contributed by atoms with van der Waals surface area (Å²) in [5.41, 5.74) is 3.75. The van der Waals surface area contributed by atoms with Crippen molar-refractivity contribution < 1.29 is 5.11 Å². The number of aliphatic hydroxyl groups is 1. The molecule has 0 unspecified atom stereocenters. The summed E-state index contributed by atoms with van der Waals surface area (Å²) in [5.74, 6) is 3.70. The molecule has 30 heavy (non-hydrogen) atoms. The van der Waals surface area contributed by atoms with E-state index in [9.17, 15) is 5.11 Å². The molecule has 0 aromatic carbocycles. The largest absolute Gasteiger partial charge is 0.393 e. The second-order valence-corrected chi connectivity index (χ2v) is 13.2. The molecule has 1 N–H and O–H groups in total. The quantitative estimate of drug-likeness (QED) is 0.474. The maximum Gasteiger partial charge on any atom is 0.0546 e. The number of hydrogen-bond acceptors (Lipinski definition) is 1. The molecule has 0 heterocycles. The first-order valence-corrected chi connectivity index (χ1v) is 13.2. The summed E-state index contributed by atoms with van der Waals surface area (Å²) in [6.07, 6.45) is 19.5. The van der Waals surface area contributed by atoms with Crippen LogP contribution in [0.3, 0.4) is 0 Å². The SMILES string of the molecule is CC(C)[C@@H](C)/C=C/[C@@H](C)[C@H]1CC[C@@]2(C)[C@@H]3CC[C@]45C[C@@H](O)CC[C@]4(C5)C3=CC[C@]12C. The van der Waals surface area contributed by atoms with Gasteiger partial charge in [0.1, 0.15) is 0 Å². The van der Waals surface area contributed by atoms with Gasteiger partial charge in [0, 0.05) is 0 Å². The minimum atomic E-state index is -0.0288. The van der Waals surface area contributed by atoms with Crippen LogP contribution < -0.4 is 0 Å². The fraction of sp³-hybridized carbons (Fsp3) is 0.862. The smallest absolute Gasteiger partial charge is 0.0546 e. The summed E-state index contributed by atoms with van der Waals surface area (Å²) in [5, 5.41) is 10.4. The molecule has 5 aliphatic rings. The van der Waals surface area contributed by atoms with E-state index in [0.29, 0.717) is 33.5 Å². The van der Waals surface area contributed by atoms with Gasteiger partial charge in [0.2, 0.25) is 0 Å². The van der Waals surface area contributed by atoms with Crippen LogP contribution in [0.4, 0.5) is 0 Å². The van der Waals surface area contributed by atoms with Crippen LogP contribution in [0.25, 0.3) is 0 Å². The van der Waals surface area contributed by atoms with E-state index < -0.39 is 0 Å². The van der Waals surface area contributed by atoms with E-state index >= 15 is 0 Å². The van der Waals surface area contributed by atoms with E-state index in [1.165, 1.54) is 44.9 Å². The molecule has 0 amide bonds. The normalized spacial score (nSPS) is 51.6. The van der Waals surface area contributed by atoms with Crippen molar-refractivity contribution >= 4 is 0 Å². The number of hydrogen-bond donors (Lipinski definition) is 1. The zero-order valence-electron chi connectivity index (χ0n) is 20.5. The van der Waals surface area contributed by atoms with Gasteiger partial charge in [-0.3, -0.25) is 0 Å². The van der Waals surface area contributed by atoms with Gasteiger partial charge in [-0.15, -0.1) is 0 Å². The molecule has 0 aliphatic heterocycles. The highest BCUT2D eigenvalue weighted by molar-refractivity contribution is 5.41. The average Bonchev–Trinajstić information content (AvgIpc) is 3.30. The van der Waals surface area contributed by atoms with Crippen molar-refractivity contribution in [1.29, 1.82) is 0 Å². The Morgan fingerprint density at radius 3 is 2.47 bits per heavy atom. The molecule has 1 nitrogen and oxygen atoms in total. The van der Waals surface area contributed by atoms with Gasteiger partial charge in [-0.25, -0.2) is 0 Å². The zero-order chi connectivity index (χ0) is 21.5. The molecule has 4 saturated carbocycles. The molecule has 5 rings (SSSR count). The summed E-state index contributed by atoms with van der Waals surface area (Å²) in [6, 6.07) is 0. The molecular weight excluding hydrogens is 364 g/mol. The van der Waals surface area contributed by atoms with E-state index in [1.807, 2.05) is 5.57 Å². The fourth-order valence-electron chi connectivity index (χ4n) is 9.32. The Balaban J connectivity index is 1.42.